The first-order valence-electron chi connectivity index (χ1n) is 9.06. The van der Waals surface area contributed by atoms with E-state index in [1.165, 1.54) is 17.4 Å². The third-order valence-electron chi connectivity index (χ3n) is 4.70. The van der Waals surface area contributed by atoms with Crippen LogP contribution in [0.5, 0.6) is 0 Å². The first-order chi connectivity index (χ1) is 13.3. The Kier molecular flexibility index (Phi) is 6.05. The number of thiazole rings is 1. The average Bonchev–Trinajstić information content (AvgIpc) is 3.08. The fraction of sp³-hybridized carbons (Fsp3) is 0.333. The van der Waals surface area contributed by atoms with E-state index in [1.807, 2.05) is 45.0 Å². The quantitative estimate of drug-likeness (QED) is 0.594. The lowest BCUT2D eigenvalue weighted by Crippen LogP contribution is -2.33. The number of carbonyl (C=O) groups excluding carboxylic acids is 1. The highest BCUT2D eigenvalue weighted by Gasteiger charge is 2.22. The lowest BCUT2D eigenvalue weighted by atomic mass is 10.1. The predicted molar refractivity (Wildman–Crippen MR) is 110 cm³/mol. The number of hydrogen-bond donors (Lipinski definition) is 0. The molecule has 0 fully saturated rings. The number of carbonyl (C=O) groups is 1. The van der Waals surface area contributed by atoms with Crippen LogP contribution in [0.4, 0.5) is 13.9 Å². The molecule has 0 aliphatic rings. The van der Waals surface area contributed by atoms with E-state index >= 15 is 0 Å². The number of halogens is 2. The second-order valence-electron chi connectivity index (χ2n) is 7.09. The van der Waals surface area contributed by atoms with Crippen LogP contribution in [0, 0.1) is 25.5 Å². The van der Waals surface area contributed by atoms with Crippen molar-refractivity contribution >= 4 is 32.6 Å². The molecule has 0 bridgehead atoms. The van der Waals surface area contributed by atoms with E-state index in [2.05, 4.69) is 0 Å². The van der Waals surface area contributed by atoms with Crippen molar-refractivity contribution in [3.8, 4) is 0 Å². The molecule has 3 aromatic rings. The molecule has 3 rings (SSSR count). The van der Waals surface area contributed by atoms with Gasteiger partial charge in [-0.3, -0.25) is 9.69 Å². The lowest BCUT2D eigenvalue weighted by molar-refractivity contribution is 0.0985. The van der Waals surface area contributed by atoms with Crippen LogP contribution in [-0.4, -0.2) is 43.0 Å². The minimum Gasteiger partial charge on any atom is -0.309 e. The highest BCUT2D eigenvalue weighted by molar-refractivity contribution is 7.22. The van der Waals surface area contributed by atoms with Gasteiger partial charge in [0.15, 0.2) is 16.8 Å². The van der Waals surface area contributed by atoms with Gasteiger partial charge in [-0.2, -0.15) is 0 Å². The number of aryl methyl sites for hydroxylation is 2. The second-order valence-corrected chi connectivity index (χ2v) is 8.10. The summed E-state index contributed by atoms with van der Waals surface area (Å²) in [6.07, 6.45) is 0.732. The van der Waals surface area contributed by atoms with Crippen molar-refractivity contribution in [2.45, 2.75) is 20.3 Å². The van der Waals surface area contributed by atoms with E-state index in [1.54, 1.807) is 4.90 Å². The molecule has 148 valence electrons. The zero-order valence-corrected chi connectivity index (χ0v) is 17.2. The highest BCUT2D eigenvalue weighted by atomic mass is 32.1. The Balaban J connectivity index is 1.99. The van der Waals surface area contributed by atoms with E-state index in [9.17, 15) is 13.6 Å². The average molecular weight is 403 g/mol. The largest absolute Gasteiger partial charge is 0.309 e. The number of amides is 1. The molecule has 4 nitrogen and oxygen atoms in total. The molecule has 28 heavy (non-hydrogen) atoms. The Morgan fingerprint density at radius 2 is 1.82 bits per heavy atom. The topological polar surface area (TPSA) is 36.4 Å². The summed E-state index contributed by atoms with van der Waals surface area (Å²) in [7, 11) is 3.93. The Bertz CT molecular complexity index is 1020. The normalized spacial score (nSPS) is 11.4. The maximum Gasteiger partial charge on any atom is 0.260 e. The van der Waals surface area contributed by atoms with Crippen LogP contribution in [0.25, 0.3) is 10.2 Å². The number of benzene rings is 2. The maximum atomic E-state index is 13.7. The van der Waals surface area contributed by atoms with Crippen LogP contribution in [0.3, 0.4) is 0 Å². The van der Waals surface area contributed by atoms with Crippen molar-refractivity contribution in [3.63, 3.8) is 0 Å². The van der Waals surface area contributed by atoms with E-state index < -0.39 is 11.6 Å². The van der Waals surface area contributed by atoms with Gasteiger partial charge in [-0.15, -0.1) is 0 Å². The summed E-state index contributed by atoms with van der Waals surface area (Å²) in [5.41, 5.74) is 3.19. The third-order valence-corrected chi connectivity index (χ3v) is 5.75. The first kappa shape index (κ1) is 20.4. The van der Waals surface area contributed by atoms with Gasteiger partial charge in [-0.25, -0.2) is 13.8 Å². The Labute approximate surface area is 167 Å². The molecule has 0 aliphatic heterocycles. The molecule has 0 radical (unpaired) electrons. The molecule has 0 aliphatic carbocycles. The Morgan fingerprint density at radius 1 is 1.07 bits per heavy atom. The minimum atomic E-state index is -1.03. The number of aromatic nitrogens is 1. The number of nitrogens with zero attached hydrogens (tertiary/aromatic N) is 3. The molecule has 0 unspecified atom stereocenters. The van der Waals surface area contributed by atoms with Crippen LogP contribution in [0.2, 0.25) is 0 Å². The molecule has 0 atom stereocenters. The van der Waals surface area contributed by atoms with Crippen LogP contribution < -0.4 is 4.90 Å². The van der Waals surface area contributed by atoms with Gasteiger partial charge in [-0.1, -0.05) is 17.4 Å². The van der Waals surface area contributed by atoms with Gasteiger partial charge in [0.2, 0.25) is 0 Å². The Hall–Kier alpha value is -2.38. The standard InChI is InChI=1S/C21H23F2N3OS/c1-13-6-9-18-19(14(13)2)24-21(28-18)26(11-5-10-25(3)4)20(27)15-7-8-16(22)17(23)12-15/h6-9,12H,5,10-11H2,1-4H3. The number of hydrogen-bond acceptors (Lipinski definition) is 4. The fourth-order valence-corrected chi connectivity index (χ4v) is 3.99. The number of fused-ring (bicyclic) bond motifs is 1. The molecule has 1 aromatic heterocycles. The van der Waals surface area contributed by atoms with E-state index in [0.29, 0.717) is 11.7 Å². The smallest absolute Gasteiger partial charge is 0.260 e. The van der Waals surface area contributed by atoms with Gasteiger partial charge >= 0.3 is 0 Å². The van der Waals surface area contributed by atoms with Gasteiger partial charge in [0.05, 0.1) is 10.2 Å². The van der Waals surface area contributed by atoms with Gasteiger partial charge < -0.3 is 4.90 Å². The van der Waals surface area contributed by atoms with E-state index in [4.69, 9.17) is 4.98 Å². The van der Waals surface area contributed by atoms with Gasteiger partial charge in [0, 0.05) is 12.1 Å². The van der Waals surface area contributed by atoms with Crippen LogP contribution in [0.15, 0.2) is 30.3 Å². The molecular formula is C21H23F2N3OS. The zero-order valence-electron chi connectivity index (χ0n) is 16.4. The molecule has 0 N–H and O–H groups in total. The lowest BCUT2D eigenvalue weighted by Gasteiger charge is -2.21. The SMILES string of the molecule is Cc1ccc2sc(N(CCCN(C)C)C(=O)c3ccc(F)c(F)c3)nc2c1C. The maximum absolute atomic E-state index is 13.7. The summed E-state index contributed by atoms with van der Waals surface area (Å²) >= 11 is 1.43. The van der Waals surface area contributed by atoms with Crippen molar-refractivity contribution in [1.29, 1.82) is 0 Å². The van der Waals surface area contributed by atoms with Gasteiger partial charge in [0.25, 0.3) is 5.91 Å². The Morgan fingerprint density at radius 3 is 2.50 bits per heavy atom. The molecule has 2 aromatic carbocycles. The monoisotopic (exact) mass is 403 g/mol. The van der Waals surface area contributed by atoms with Gasteiger partial charge in [0.1, 0.15) is 0 Å². The van der Waals surface area contributed by atoms with Crippen LogP contribution >= 0.6 is 11.3 Å². The predicted octanol–water partition coefficient (Wildman–Crippen LogP) is 4.79. The van der Waals surface area contributed by atoms with Crippen molar-refractivity contribution < 1.29 is 13.6 Å². The molecule has 0 saturated heterocycles. The van der Waals surface area contributed by atoms with Crippen molar-refractivity contribution in [2.24, 2.45) is 0 Å². The van der Waals surface area contributed by atoms with Crippen molar-refractivity contribution in [1.82, 2.24) is 9.88 Å². The van der Waals surface area contributed by atoms with Crippen molar-refractivity contribution in [2.75, 3.05) is 32.1 Å². The molecule has 0 spiro atoms. The summed E-state index contributed by atoms with van der Waals surface area (Å²) in [4.78, 5) is 21.4. The highest BCUT2D eigenvalue weighted by Crippen LogP contribution is 2.32. The molecular weight excluding hydrogens is 380 g/mol. The van der Waals surface area contributed by atoms with E-state index in [0.717, 1.165) is 46.4 Å². The minimum absolute atomic E-state index is 0.107. The first-order valence-corrected chi connectivity index (χ1v) is 9.88. The van der Waals surface area contributed by atoms with E-state index in [-0.39, 0.29) is 11.5 Å². The van der Waals surface area contributed by atoms with Crippen LogP contribution in [-0.2, 0) is 0 Å². The van der Waals surface area contributed by atoms with Gasteiger partial charge in [-0.05, 0) is 76.3 Å². The number of anilines is 1. The second kappa shape index (κ2) is 8.32. The molecule has 0 saturated carbocycles. The molecule has 1 amide bonds. The third kappa shape index (κ3) is 4.20. The van der Waals surface area contributed by atoms with Crippen molar-refractivity contribution in [3.05, 3.63) is 58.7 Å². The molecule has 7 heteroatoms. The summed E-state index contributed by atoms with van der Waals surface area (Å²) in [6, 6.07) is 7.26. The zero-order chi connectivity index (χ0) is 20.4. The van der Waals surface area contributed by atoms with Crippen LogP contribution in [0.1, 0.15) is 27.9 Å². The number of rotatable bonds is 6. The molecule has 1 heterocycles. The summed E-state index contributed by atoms with van der Waals surface area (Å²) < 4.78 is 27.9. The summed E-state index contributed by atoms with van der Waals surface area (Å²) in [5.74, 6) is -2.39. The summed E-state index contributed by atoms with van der Waals surface area (Å²) in [5, 5.41) is 0.567. The fourth-order valence-electron chi connectivity index (χ4n) is 2.94. The summed E-state index contributed by atoms with van der Waals surface area (Å²) in [6.45, 7) is 5.27.